The number of aromatic nitrogens is 2. The van der Waals surface area contributed by atoms with Gasteiger partial charge in [-0.15, -0.1) is 0 Å². The van der Waals surface area contributed by atoms with Gasteiger partial charge < -0.3 is 0 Å². The Morgan fingerprint density at radius 1 is 1.21 bits per heavy atom. The summed E-state index contributed by atoms with van der Waals surface area (Å²) in [6.07, 6.45) is 9.14. The monoisotopic (exact) mass is 260 g/mol. The second-order valence-corrected chi connectivity index (χ2v) is 7.03. The molecule has 0 aromatic carbocycles. The number of hydrazine groups is 1. The summed E-state index contributed by atoms with van der Waals surface area (Å²) < 4.78 is 1.98. The van der Waals surface area contributed by atoms with Gasteiger partial charge in [0.25, 0.3) is 0 Å². The standard InChI is InChI=1S/C15H24N4/c1-19-13(2-3-17-19)15(18-16)14-11-5-9-4-10(7-11)8-12(14)6-9/h2-3,9-12,14-15,18H,4-8,16H2,1H3. The van der Waals surface area contributed by atoms with E-state index >= 15 is 0 Å². The summed E-state index contributed by atoms with van der Waals surface area (Å²) in [6.45, 7) is 0. The normalized spacial score (nSPS) is 41.7. The molecule has 1 unspecified atom stereocenters. The molecule has 1 aromatic heterocycles. The zero-order valence-electron chi connectivity index (χ0n) is 11.6. The molecule has 4 aliphatic carbocycles. The largest absolute Gasteiger partial charge is 0.271 e. The molecule has 0 amide bonds. The van der Waals surface area contributed by atoms with Crippen LogP contribution in [-0.2, 0) is 7.05 Å². The first kappa shape index (κ1) is 11.9. The van der Waals surface area contributed by atoms with Crippen LogP contribution in [0.4, 0.5) is 0 Å². The van der Waals surface area contributed by atoms with E-state index in [1.165, 1.54) is 37.8 Å². The lowest BCUT2D eigenvalue weighted by atomic mass is 9.50. The number of aryl methyl sites for hydroxylation is 1. The Hall–Kier alpha value is -0.870. The molecule has 0 saturated heterocycles. The predicted molar refractivity (Wildman–Crippen MR) is 73.8 cm³/mol. The first-order valence-electron chi connectivity index (χ1n) is 7.70. The van der Waals surface area contributed by atoms with Crippen molar-refractivity contribution < 1.29 is 0 Å². The van der Waals surface area contributed by atoms with Gasteiger partial charge in [-0.2, -0.15) is 5.10 Å². The average Bonchev–Trinajstić information content (AvgIpc) is 2.79. The molecule has 4 bridgehead atoms. The van der Waals surface area contributed by atoms with Crippen LogP contribution < -0.4 is 11.3 Å². The molecule has 1 atom stereocenters. The maximum absolute atomic E-state index is 5.92. The number of nitrogens with two attached hydrogens (primary N) is 1. The molecule has 3 N–H and O–H groups in total. The van der Waals surface area contributed by atoms with Crippen LogP contribution in [0.25, 0.3) is 0 Å². The first-order chi connectivity index (χ1) is 9.26. The molecule has 1 aromatic rings. The van der Waals surface area contributed by atoms with Gasteiger partial charge in [0, 0.05) is 13.2 Å². The number of nitrogens with one attached hydrogen (secondary N) is 1. The summed E-state index contributed by atoms with van der Waals surface area (Å²) in [5.74, 6) is 10.4. The minimum Gasteiger partial charge on any atom is -0.271 e. The van der Waals surface area contributed by atoms with Gasteiger partial charge >= 0.3 is 0 Å². The minimum atomic E-state index is 0.280. The topological polar surface area (TPSA) is 55.9 Å². The third kappa shape index (κ3) is 1.77. The Morgan fingerprint density at radius 2 is 1.84 bits per heavy atom. The summed E-state index contributed by atoms with van der Waals surface area (Å²) in [6, 6.07) is 2.40. The van der Waals surface area contributed by atoms with Crippen molar-refractivity contribution in [1.29, 1.82) is 0 Å². The first-order valence-corrected chi connectivity index (χ1v) is 7.70. The SMILES string of the molecule is Cn1nccc1C(NN)C1C2CC3CC(C2)CC1C3. The Labute approximate surface area is 114 Å². The lowest BCUT2D eigenvalue weighted by Crippen LogP contribution is -2.51. The van der Waals surface area contributed by atoms with Crippen molar-refractivity contribution in [2.75, 3.05) is 0 Å². The van der Waals surface area contributed by atoms with Gasteiger partial charge in [0.15, 0.2) is 0 Å². The highest BCUT2D eigenvalue weighted by Crippen LogP contribution is 2.59. The van der Waals surface area contributed by atoms with Crippen LogP contribution in [0.5, 0.6) is 0 Å². The fourth-order valence-corrected chi connectivity index (χ4v) is 5.59. The maximum Gasteiger partial charge on any atom is 0.0662 e. The van der Waals surface area contributed by atoms with E-state index in [1.54, 1.807) is 0 Å². The number of hydrogen-bond donors (Lipinski definition) is 2. The fourth-order valence-electron chi connectivity index (χ4n) is 5.59. The van der Waals surface area contributed by atoms with Gasteiger partial charge in [-0.3, -0.25) is 16.0 Å². The Balaban J connectivity index is 1.66. The van der Waals surface area contributed by atoms with Gasteiger partial charge in [-0.1, -0.05) is 0 Å². The van der Waals surface area contributed by atoms with Gasteiger partial charge in [0.05, 0.1) is 11.7 Å². The van der Waals surface area contributed by atoms with Crippen molar-refractivity contribution in [3.63, 3.8) is 0 Å². The molecule has 4 nitrogen and oxygen atoms in total. The second-order valence-electron chi connectivity index (χ2n) is 7.03. The highest BCUT2D eigenvalue weighted by Gasteiger charge is 2.50. The summed E-state index contributed by atoms with van der Waals surface area (Å²) in [5, 5.41) is 4.32. The van der Waals surface area contributed by atoms with Crippen LogP contribution in [0.1, 0.15) is 43.8 Å². The van der Waals surface area contributed by atoms with Gasteiger partial charge in [-0.05, 0) is 67.8 Å². The zero-order chi connectivity index (χ0) is 13.0. The molecule has 0 aliphatic heterocycles. The van der Waals surface area contributed by atoms with Crippen molar-refractivity contribution in [1.82, 2.24) is 15.2 Å². The molecule has 4 aliphatic rings. The summed E-state index contributed by atoms with van der Waals surface area (Å²) in [7, 11) is 2.02. The molecule has 104 valence electrons. The Bertz CT molecular complexity index is 438. The third-order valence-electron chi connectivity index (χ3n) is 6.04. The van der Waals surface area contributed by atoms with Crippen LogP contribution in [0, 0.1) is 29.6 Å². The highest BCUT2D eigenvalue weighted by molar-refractivity contribution is 5.12. The maximum atomic E-state index is 5.92. The summed E-state index contributed by atoms with van der Waals surface area (Å²) in [5.41, 5.74) is 4.36. The number of hydrogen-bond acceptors (Lipinski definition) is 3. The molecule has 4 heteroatoms. The summed E-state index contributed by atoms with van der Waals surface area (Å²) in [4.78, 5) is 0. The smallest absolute Gasteiger partial charge is 0.0662 e. The van der Waals surface area contributed by atoms with Crippen LogP contribution in [0.3, 0.4) is 0 Å². The van der Waals surface area contributed by atoms with E-state index in [2.05, 4.69) is 16.6 Å². The number of rotatable bonds is 3. The van der Waals surface area contributed by atoms with Crippen LogP contribution >= 0.6 is 0 Å². The van der Waals surface area contributed by atoms with E-state index in [1.807, 2.05) is 17.9 Å². The predicted octanol–water partition coefficient (Wildman–Crippen LogP) is 2.00. The Kier molecular flexibility index (Phi) is 2.71. The molecular formula is C15H24N4. The van der Waals surface area contributed by atoms with E-state index in [0.717, 1.165) is 23.7 Å². The van der Waals surface area contributed by atoms with Crippen molar-refractivity contribution in [2.45, 2.75) is 38.1 Å². The Morgan fingerprint density at radius 3 is 2.32 bits per heavy atom. The minimum absolute atomic E-state index is 0.280. The lowest BCUT2D eigenvalue weighted by molar-refractivity contribution is -0.0536. The molecule has 0 spiro atoms. The molecule has 1 heterocycles. The quantitative estimate of drug-likeness (QED) is 0.645. The molecule has 19 heavy (non-hydrogen) atoms. The zero-order valence-corrected chi connectivity index (χ0v) is 11.6. The van der Waals surface area contributed by atoms with Crippen molar-refractivity contribution in [2.24, 2.45) is 42.5 Å². The van der Waals surface area contributed by atoms with Gasteiger partial charge in [0.1, 0.15) is 0 Å². The van der Waals surface area contributed by atoms with E-state index < -0.39 is 0 Å². The van der Waals surface area contributed by atoms with Crippen LogP contribution in [-0.4, -0.2) is 9.78 Å². The van der Waals surface area contributed by atoms with E-state index in [9.17, 15) is 0 Å². The van der Waals surface area contributed by atoms with E-state index in [0.29, 0.717) is 5.92 Å². The second kappa shape index (κ2) is 4.32. The fraction of sp³-hybridized carbons (Fsp3) is 0.800. The van der Waals surface area contributed by atoms with Gasteiger partial charge in [0.2, 0.25) is 0 Å². The molecule has 4 saturated carbocycles. The van der Waals surface area contributed by atoms with Crippen LogP contribution in [0.15, 0.2) is 12.3 Å². The number of nitrogens with zero attached hydrogens (tertiary/aromatic N) is 2. The molecular weight excluding hydrogens is 236 g/mol. The lowest BCUT2D eigenvalue weighted by Gasteiger charge is -2.56. The van der Waals surface area contributed by atoms with E-state index in [4.69, 9.17) is 5.84 Å². The molecule has 0 radical (unpaired) electrons. The van der Waals surface area contributed by atoms with Gasteiger partial charge in [-0.25, -0.2) is 0 Å². The van der Waals surface area contributed by atoms with Crippen molar-refractivity contribution in [3.8, 4) is 0 Å². The third-order valence-corrected chi connectivity index (χ3v) is 6.04. The summed E-state index contributed by atoms with van der Waals surface area (Å²) >= 11 is 0. The molecule has 4 fully saturated rings. The average molecular weight is 260 g/mol. The highest BCUT2D eigenvalue weighted by atomic mass is 15.3. The van der Waals surface area contributed by atoms with Crippen molar-refractivity contribution >= 4 is 0 Å². The van der Waals surface area contributed by atoms with Crippen LogP contribution in [0.2, 0.25) is 0 Å². The van der Waals surface area contributed by atoms with E-state index in [-0.39, 0.29) is 6.04 Å². The molecule has 5 rings (SSSR count). The van der Waals surface area contributed by atoms with Crippen molar-refractivity contribution in [3.05, 3.63) is 18.0 Å².